The van der Waals surface area contributed by atoms with E-state index in [0.717, 1.165) is 0 Å². The molecule has 0 heterocycles. The third kappa shape index (κ3) is 4.09. The van der Waals surface area contributed by atoms with E-state index in [1.807, 2.05) is 6.92 Å². The quantitative estimate of drug-likeness (QED) is 0.610. The van der Waals surface area contributed by atoms with Crippen LogP contribution in [0.25, 0.3) is 0 Å². The SMILES string of the molecule is COc1cc(NC(C)CS(C)=O)c([N+](=O)[O-])cc1OC. The van der Waals surface area contributed by atoms with E-state index in [4.69, 9.17) is 9.47 Å². The Balaban J connectivity index is 3.15. The molecule has 1 rings (SSSR count). The summed E-state index contributed by atoms with van der Waals surface area (Å²) in [5.74, 6) is 1.08. The van der Waals surface area contributed by atoms with Crippen LogP contribution in [0.5, 0.6) is 11.5 Å². The van der Waals surface area contributed by atoms with E-state index in [1.54, 1.807) is 6.26 Å². The van der Waals surface area contributed by atoms with Gasteiger partial charge in [0.05, 0.1) is 25.2 Å². The Hall–Kier alpha value is -1.83. The van der Waals surface area contributed by atoms with E-state index >= 15 is 0 Å². The third-order valence-electron chi connectivity index (χ3n) is 2.59. The number of nitro benzene ring substituents is 1. The van der Waals surface area contributed by atoms with Crippen LogP contribution < -0.4 is 14.8 Å². The topological polar surface area (TPSA) is 90.7 Å². The van der Waals surface area contributed by atoms with E-state index in [1.165, 1.54) is 26.4 Å². The maximum Gasteiger partial charge on any atom is 0.296 e. The second-order valence-corrected chi connectivity index (χ2v) is 5.75. The van der Waals surface area contributed by atoms with Gasteiger partial charge in [-0.1, -0.05) is 0 Å². The van der Waals surface area contributed by atoms with E-state index in [0.29, 0.717) is 17.2 Å². The van der Waals surface area contributed by atoms with Gasteiger partial charge in [-0.2, -0.15) is 0 Å². The summed E-state index contributed by atoms with van der Waals surface area (Å²) in [5, 5.41) is 14.1. The number of rotatable bonds is 7. The summed E-state index contributed by atoms with van der Waals surface area (Å²) in [5.41, 5.74) is 0.196. The number of nitrogens with zero attached hydrogens (tertiary/aromatic N) is 1. The van der Waals surface area contributed by atoms with Crippen molar-refractivity contribution in [3.8, 4) is 11.5 Å². The number of anilines is 1. The molecule has 0 saturated carbocycles. The highest BCUT2D eigenvalue weighted by Gasteiger charge is 2.20. The smallest absolute Gasteiger partial charge is 0.296 e. The van der Waals surface area contributed by atoms with E-state index in [9.17, 15) is 14.3 Å². The summed E-state index contributed by atoms with van der Waals surface area (Å²) in [6.07, 6.45) is 1.58. The number of methoxy groups -OCH3 is 2. The van der Waals surface area contributed by atoms with Gasteiger partial charge in [-0.3, -0.25) is 14.3 Å². The average Bonchev–Trinajstić information content (AvgIpc) is 2.36. The Morgan fingerprint density at radius 2 is 1.90 bits per heavy atom. The van der Waals surface area contributed by atoms with E-state index in [-0.39, 0.29) is 17.5 Å². The van der Waals surface area contributed by atoms with Crippen molar-refractivity contribution in [1.29, 1.82) is 0 Å². The molecule has 2 atom stereocenters. The molecule has 0 aliphatic heterocycles. The number of nitro groups is 1. The van der Waals surface area contributed by atoms with Gasteiger partial charge in [0.2, 0.25) is 0 Å². The first-order valence-electron chi connectivity index (χ1n) is 5.86. The van der Waals surface area contributed by atoms with Crippen molar-refractivity contribution in [3.63, 3.8) is 0 Å². The summed E-state index contributed by atoms with van der Waals surface area (Å²) in [6.45, 7) is 1.81. The molecule has 0 fully saturated rings. The molecule has 0 aliphatic rings. The van der Waals surface area contributed by atoms with Gasteiger partial charge in [0, 0.05) is 34.9 Å². The summed E-state index contributed by atoms with van der Waals surface area (Å²) in [6, 6.07) is 2.64. The average molecular weight is 302 g/mol. The maximum absolute atomic E-state index is 11.2. The zero-order valence-corrected chi connectivity index (χ0v) is 12.7. The van der Waals surface area contributed by atoms with Gasteiger partial charge in [-0.05, 0) is 6.92 Å². The lowest BCUT2D eigenvalue weighted by molar-refractivity contribution is -0.384. The Bertz CT molecular complexity index is 521. The van der Waals surface area contributed by atoms with Crippen molar-refractivity contribution >= 4 is 22.2 Å². The number of benzene rings is 1. The highest BCUT2D eigenvalue weighted by Crippen LogP contribution is 2.37. The maximum atomic E-state index is 11.2. The summed E-state index contributed by atoms with van der Waals surface area (Å²) < 4.78 is 21.4. The zero-order valence-electron chi connectivity index (χ0n) is 11.8. The van der Waals surface area contributed by atoms with E-state index in [2.05, 4.69) is 5.32 Å². The van der Waals surface area contributed by atoms with Gasteiger partial charge >= 0.3 is 0 Å². The predicted molar refractivity (Wildman–Crippen MR) is 78.2 cm³/mol. The molecule has 0 radical (unpaired) electrons. The third-order valence-corrected chi connectivity index (χ3v) is 3.55. The van der Waals surface area contributed by atoms with Crippen LogP contribution in [-0.4, -0.2) is 41.4 Å². The molecule has 8 heteroatoms. The molecule has 0 amide bonds. The second-order valence-electron chi connectivity index (χ2n) is 4.27. The highest BCUT2D eigenvalue weighted by molar-refractivity contribution is 7.84. The Labute approximate surface area is 119 Å². The molecule has 20 heavy (non-hydrogen) atoms. The molecule has 1 N–H and O–H groups in total. The minimum atomic E-state index is -0.988. The van der Waals surface area contributed by atoms with Crippen LogP contribution >= 0.6 is 0 Å². The second kappa shape index (κ2) is 7.09. The lowest BCUT2D eigenvalue weighted by atomic mass is 10.2. The van der Waals surface area contributed by atoms with Gasteiger partial charge < -0.3 is 14.8 Å². The minimum absolute atomic E-state index is 0.114. The van der Waals surface area contributed by atoms with Crippen molar-refractivity contribution in [1.82, 2.24) is 0 Å². The molecule has 7 nitrogen and oxygen atoms in total. The minimum Gasteiger partial charge on any atom is -0.493 e. The summed E-state index contributed by atoms with van der Waals surface area (Å²) >= 11 is 0. The van der Waals surface area contributed by atoms with Crippen molar-refractivity contribution in [2.75, 3.05) is 31.5 Å². The fourth-order valence-corrected chi connectivity index (χ4v) is 2.58. The van der Waals surface area contributed by atoms with Gasteiger partial charge in [0.25, 0.3) is 5.69 Å². The monoisotopic (exact) mass is 302 g/mol. The first kappa shape index (κ1) is 16.2. The molecule has 1 aromatic rings. The predicted octanol–water partition coefficient (Wildman–Crippen LogP) is 1.79. The Kier molecular flexibility index (Phi) is 5.75. The molecule has 112 valence electrons. The fourth-order valence-electron chi connectivity index (χ4n) is 1.79. The lowest BCUT2D eigenvalue weighted by Crippen LogP contribution is -2.22. The van der Waals surface area contributed by atoms with Gasteiger partial charge in [0.1, 0.15) is 5.69 Å². The van der Waals surface area contributed by atoms with Crippen molar-refractivity contribution in [3.05, 3.63) is 22.2 Å². The van der Waals surface area contributed by atoms with Crippen LogP contribution in [0.3, 0.4) is 0 Å². The molecular formula is C12H18N2O5S. The molecule has 0 bridgehead atoms. The number of hydrogen-bond donors (Lipinski definition) is 1. The van der Waals surface area contributed by atoms with Crippen molar-refractivity contribution < 1.29 is 18.6 Å². The Morgan fingerprint density at radius 3 is 2.35 bits per heavy atom. The number of ether oxygens (including phenoxy) is 2. The van der Waals surface area contributed by atoms with Crippen molar-refractivity contribution in [2.45, 2.75) is 13.0 Å². The number of nitrogens with one attached hydrogen (secondary N) is 1. The normalized spacial score (nSPS) is 13.4. The molecule has 0 aromatic heterocycles. The lowest BCUT2D eigenvalue weighted by Gasteiger charge is -2.16. The van der Waals surface area contributed by atoms with Crippen LogP contribution in [0.2, 0.25) is 0 Å². The molecule has 0 saturated heterocycles. The standard InChI is InChI=1S/C12H18N2O5S/c1-8(7-20(4)17)13-9-5-11(18-2)12(19-3)6-10(9)14(15)16/h5-6,8,13H,7H2,1-4H3. The first-order chi connectivity index (χ1) is 9.38. The summed E-state index contributed by atoms with van der Waals surface area (Å²) in [4.78, 5) is 10.6. The molecular weight excluding hydrogens is 284 g/mol. The van der Waals surface area contributed by atoms with Crippen LogP contribution in [0.1, 0.15) is 6.92 Å². The van der Waals surface area contributed by atoms with Gasteiger partial charge in [-0.15, -0.1) is 0 Å². The Morgan fingerprint density at radius 1 is 1.35 bits per heavy atom. The molecule has 1 aromatic carbocycles. The van der Waals surface area contributed by atoms with Crippen LogP contribution in [0.4, 0.5) is 11.4 Å². The fraction of sp³-hybridized carbons (Fsp3) is 0.500. The summed E-state index contributed by atoms with van der Waals surface area (Å²) in [7, 11) is 1.88. The first-order valence-corrected chi connectivity index (χ1v) is 7.58. The number of hydrogen-bond acceptors (Lipinski definition) is 6. The van der Waals surface area contributed by atoms with Crippen molar-refractivity contribution in [2.24, 2.45) is 0 Å². The van der Waals surface area contributed by atoms with Crippen LogP contribution in [0.15, 0.2) is 12.1 Å². The molecule has 0 spiro atoms. The van der Waals surface area contributed by atoms with Gasteiger partial charge in [-0.25, -0.2) is 0 Å². The van der Waals surface area contributed by atoms with Crippen LogP contribution in [-0.2, 0) is 10.8 Å². The molecule has 2 unspecified atom stereocenters. The molecule has 0 aliphatic carbocycles. The van der Waals surface area contributed by atoms with Gasteiger partial charge in [0.15, 0.2) is 11.5 Å². The zero-order chi connectivity index (χ0) is 15.3. The largest absolute Gasteiger partial charge is 0.493 e. The highest BCUT2D eigenvalue weighted by atomic mass is 32.2. The van der Waals surface area contributed by atoms with Crippen LogP contribution in [0, 0.1) is 10.1 Å². The van der Waals surface area contributed by atoms with E-state index < -0.39 is 15.7 Å².